The maximum atomic E-state index is 13.2. The number of aromatic nitrogens is 2. The minimum Gasteiger partial charge on any atom is -0.296 e. The number of carbonyl (C=O) groups excluding carboxylic acids is 1. The zero-order chi connectivity index (χ0) is 18.5. The Balaban J connectivity index is 1.59. The molecule has 10 heteroatoms. The molecule has 1 amide bonds. The highest BCUT2D eigenvalue weighted by Gasteiger charge is 2.12. The lowest BCUT2D eigenvalue weighted by molar-refractivity contribution is -0.384. The van der Waals surface area contributed by atoms with Gasteiger partial charge in [-0.15, -0.1) is 10.2 Å². The third-order valence-electron chi connectivity index (χ3n) is 3.22. The van der Waals surface area contributed by atoms with E-state index in [4.69, 9.17) is 0 Å². The maximum absolute atomic E-state index is 13.2. The van der Waals surface area contributed by atoms with Crippen LogP contribution in [0, 0.1) is 15.9 Å². The van der Waals surface area contributed by atoms with Gasteiger partial charge in [-0.1, -0.05) is 35.2 Å². The van der Waals surface area contributed by atoms with Crippen LogP contribution in [0.5, 0.6) is 0 Å². The van der Waals surface area contributed by atoms with Crippen LogP contribution in [0.3, 0.4) is 0 Å². The SMILES string of the molecule is O=C(Nc1nnc(SCc2cccc(F)c2)s1)c1ccc([N+](=O)[O-])cc1. The quantitative estimate of drug-likeness (QED) is 0.294. The van der Waals surface area contributed by atoms with Gasteiger partial charge in [-0.25, -0.2) is 4.39 Å². The van der Waals surface area contributed by atoms with E-state index in [1.54, 1.807) is 6.07 Å². The number of halogens is 1. The summed E-state index contributed by atoms with van der Waals surface area (Å²) in [5, 5.41) is 21.4. The minimum absolute atomic E-state index is 0.0894. The Morgan fingerprint density at radius 3 is 2.69 bits per heavy atom. The van der Waals surface area contributed by atoms with E-state index in [2.05, 4.69) is 15.5 Å². The number of hydrogen-bond acceptors (Lipinski definition) is 7. The van der Waals surface area contributed by atoms with Crippen LogP contribution >= 0.6 is 23.1 Å². The molecular weight excluding hydrogens is 379 g/mol. The monoisotopic (exact) mass is 390 g/mol. The molecule has 0 fully saturated rings. The summed E-state index contributed by atoms with van der Waals surface area (Å²) in [6.07, 6.45) is 0. The number of amides is 1. The molecule has 0 spiro atoms. The molecule has 26 heavy (non-hydrogen) atoms. The highest BCUT2D eigenvalue weighted by Crippen LogP contribution is 2.28. The summed E-state index contributed by atoms with van der Waals surface area (Å²) in [4.78, 5) is 22.2. The number of nitro groups is 1. The second-order valence-corrected chi connectivity index (χ2v) is 7.25. The second kappa shape index (κ2) is 8.02. The van der Waals surface area contributed by atoms with Crippen LogP contribution in [0.15, 0.2) is 52.9 Å². The fourth-order valence-corrected chi connectivity index (χ4v) is 3.68. The van der Waals surface area contributed by atoms with Crippen molar-refractivity contribution in [3.63, 3.8) is 0 Å². The van der Waals surface area contributed by atoms with Crippen LogP contribution in [0.2, 0.25) is 0 Å². The van der Waals surface area contributed by atoms with Gasteiger partial charge in [-0.05, 0) is 29.8 Å². The van der Waals surface area contributed by atoms with Gasteiger partial charge in [0.25, 0.3) is 11.6 Å². The number of anilines is 1. The zero-order valence-electron chi connectivity index (χ0n) is 13.1. The van der Waals surface area contributed by atoms with Gasteiger partial charge in [0.2, 0.25) is 5.13 Å². The molecule has 0 aliphatic carbocycles. The van der Waals surface area contributed by atoms with E-state index < -0.39 is 10.8 Å². The van der Waals surface area contributed by atoms with Crippen LogP contribution in [-0.2, 0) is 5.75 Å². The summed E-state index contributed by atoms with van der Waals surface area (Å²) >= 11 is 2.58. The van der Waals surface area contributed by atoms with E-state index in [0.717, 1.165) is 5.56 Å². The van der Waals surface area contributed by atoms with Crippen LogP contribution in [-0.4, -0.2) is 21.0 Å². The molecule has 2 aromatic carbocycles. The lowest BCUT2D eigenvalue weighted by Gasteiger charge is -2.00. The zero-order valence-corrected chi connectivity index (χ0v) is 14.7. The molecule has 7 nitrogen and oxygen atoms in total. The highest BCUT2D eigenvalue weighted by molar-refractivity contribution is 8.00. The Labute approximate surface area is 155 Å². The van der Waals surface area contributed by atoms with Crippen LogP contribution < -0.4 is 5.32 Å². The van der Waals surface area contributed by atoms with E-state index in [0.29, 0.717) is 15.2 Å². The van der Waals surface area contributed by atoms with Crippen LogP contribution in [0.1, 0.15) is 15.9 Å². The fourth-order valence-electron chi connectivity index (χ4n) is 1.99. The number of hydrogen-bond donors (Lipinski definition) is 1. The van der Waals surface area contributed by atoms with Gasteiger partial charge in [0.1, 0.15) is 5.82 Å². The first-order valence-electron chi connectivity index (χ1n) is 7.28. The Morgan fingerprint density at radius 1 is 1.23 bits per heavy atom. The first-order valence-corrected chi connectivity index (χ1v) is 9.08. The van der Waals surface area contributed by atoms with Crippen LogP contribution in [0.4, 0.5) is 15.2 Å². The van der Waals surface area contributed by atoms with Crippen molar-refractivity contribution in [2.45, 2.75) is 10.1 Å². The van der Waals surface area contributed by atoms with Gasteiger partial charge in [0, 0.05) is 23.4 Å². The number of thioether (sulfide) groups is 1. The summed E-state index contributed by atoms with van der Waals surface area (Å²) in [6.45, 7) is 0. The predicted octanol–water partition coefficient (Wildman–Crippen LogP) is 4.13. The normalized spacial score (nSPS) is 10.5. The molecule has 0 saturated carbocycles. The van der Waals surface area contributed by atoms with Gasteiger partial charge in [0.05, 0.1) is 4.92 Å². The summed E-state index contributed by atoms with van der Waals surface area (Å²) in [5.74, 6) is -0.197. The van der Waals surface area contributed by atoms with Gasteiger partial charge < -0.3 is 0 Å². The molecule has 1 aromatic heterocycles. The van der Waals surface area contributed by atoms with Gasteiger partial charge in [0.15, 0.2) is 4.34 Å². The Morgan fingerprint density at radius 2 is 2.00 bits per heavy atom. The molecule has 0 radical (unpaired) electrons. The van der Waals surface area contributed by atoms with Crippen molar-refractivity contribution in [2.24, 2.45) is 0 Å². The van der Waals surface area contributed by atoms with E-state index >= 15 is 0 Å². The second-order valence-electron chi connectivity index (χ2n) is 5.05. The minimum atomic E-state index is -0.533. The molecule has 1 N–H and O–H groups in total. The van der Waals surface area contributed by atoms with Gasteiger partial charge in [-0.2, -0.15) is 0 Å². The number of nitro benzene ring substituents is 1. The fraction of sp³-hybridized carbons (Fsp3) is 0.0625. The van der Waals surface area contributed by atoms with Gasteiger partial charge in [-0.3, -0.25) is 20.2 Å². The van der Waals surface area contributed by atoms with Gasteiger partial charge >= 0.3 is 0 Å². The van der Waals surface area contributed by atoms with Crippen molar-refractivity contribution in [2.75, 3.05) is 5.32 Å². The molecule has 0 saturated heterocycles. The summed E-state index contributed by atoms with van der Waals surface area (Å²) in [5.41, 5.74) is 1.01. The molecule has 3 rings (SSSR count). The molecular formula is C16H11FN4O3S2. The first kappa shape index (κ1) is 18.0. The number of nitrogens with zero attached hydrogens (tertiary/aromatic N) is 3. The standard InChI is InChI=1S/C16H11FN4O3S2/c17-12-3-1-2-10(8-12)9-25-16-20-19-15(26-16)18-14(22)11-4-6-13(7-5-11)21(23)24/h1-8H,9H2,(H,18,19,22). The lowest BCUT2D eigenvalue weighted by atomic mass is 10.2. The number of carbonyl (C=O) groups is 1. The number of non-ortho nitro benzene ring substituents is 1. The smallest absolute Gasteiger partial charge is 0.269 e. The predicted molar refractivity (Wildman–Crippen MR) is 96.9 cm³/mol. The van der Waals surface area contributed by atoms with Crippen molar-refractivity contribution in [1.29, 1.82) is 0 Å². The van der Waals surface area contributed by atoms with Crippen molar-refractivity contribution < 1.29 is 14.1 Å². The average Bonchev–Trinajstić information content (AvgIpc) is 3.07. The highest BCUT2D eigenvalue weighted by atomic mass is 32.2. The van der Waals surface area contributed by atoms with Crippen molar-refractivity contribution in [3.05, 3.63) is 75.6 Å². The summed E-state index contributed by atoms with van der Waals surface area (Å²) in [6, 6.07) is 11.5. The molecule has 0 aliphatic heterocycles. The Hall–Kier alpha value is -2.85. The third-order valence-corrected chi connectivity index (χ3v) is 5.26. The Bertz CT molecular complexity index is 947. The molecule has 0 unspecified atom stereocenters. The van der Waals surface area contributed by atoms with E-state index in [9.17, 15) is 19.3 Å². The number of rotatable bonds is 6. The van der Waals surface area contributed by atoms with E-state index in [-0.39, 0.29) is 17.1 Å². The van der Waals surface area contributed by atoms with Crippen LogP contribution in [0.25, 0.3) is 0 Å². The first-order chi connectivity index (χ1) is 12.5. The summed E-state index contributed by atoms with van der Waals surface area (Å²) in [7, 11) is 0. The van der Waals surface area contributed by atoms with E-state index in [1.165, 1.54) is 59.5 Å². The average molecular weight is 390 g/mol. The third kappa shape index (κ3) is 4.61. The number of nitrogens with one attached hydrogen (secondary N) is 1. The molecule has 0 bridgehead atoms. The summed E-state index contributed by atoms with van der Waals surface area (Å²) < 4.78 is 13.8. The van der Waals surface area contributed by atoms with E-state index in [1.807, 2.05) is 6.07 Å². The van der Waals surface area contributed by atoms with Crippen molar-refractivity contribution in [3.8, 4) is 0 Å². The molecule has 0 atom stereocenters. The number of benzene rings is 2. The topological polar surface area (TPSA) is 98.0 Å². The maximum Gasteiger partial charge on any atom is 0.269 e. The largest absolute Gasteiger partial charge is 0.296 e. The Kier molecular flexibility index (Phi) is 5.54. The molecule has 3 aromatic rings. The van der Waals surface area contributed by atoms with Crippen molar-refractivity contribution >= 4 is 39.8 Å². The lowest BCUT2D eigenvalue weighted by Crippen LogP contribution is -2.11. The molecule has 132 valence electrons. The molecule has 0 aliphatic rings. The van der Waals surface area contributed by atoms with Crippen molar-refractivity contribution in [1.82, 2.24) is 10.2 Å². The molecule has 1 heterocycles.